The van der Waals surface area contributed by atoms with Crippen LogP contribution in [0.4, 0.5) is 8.78 Å². The van der Waals surface area contributed by atoms with Gasteiger partial charge in [-0.25, -0.2) is 8.78 Å². The molecule has 1 aliphatic heterocycles. The smallest absolute Gasteiger partial charge is 0.173 e. The molecule has 1 unspecified atom stereocenters. The highest BCUT2D eigenvalue weighted by atomic mass is 35.5. The molecule has 0 saturated carbocycles. The predicted octanol–water partition coefficient (Wildman–Crippen LogP) is 7.38. The maximum absolute atomic E-state index is 15.2. The summed E-state index contributed by atoms with van der Waals surface area (Å²) >= 11 is 6.39. The number of hydrogen-bond acceptors (Lipinski definition) is 2. The molecule has 0 spiro atoms. The van der Waals surface area contributed by atoms with Gasteiger partial charge in [0.05, 0.1) is 12.1 Å². The first kappa shape index (κ1) is 21.4. The standard InChI is InChI=1S/C24H25ClF2O2/c1-6-8-9-15(7-2)24-14(4)20-18(29-24)12-16(26)22(25)21(20)19-13(3)10-11-17(28-5)23(19)27/h7-12,14,24H,6H2,1-5H3/b9-8-,15-7+/t14-,24?/m0/s1. The van der Waals surface area contributed by atoms with E-state index in [0.717, 1.165) is 12.0 Å². The lowest BCUT2D eigenvalue weighted by Gasteiger charge is -2.19. The van der Waals surface area contributed by atoms with Crippen LogP contribution in [-0.4, -0.2) is 13.2 Å². The SMILES string of the molecule is C/C=C(\C=C/CC)C1Oc2cc(F)c(Cl)c(-c3c(C)ccc(OC)c3F)c2[C@@H]1C. The molecule has 0 saturated heterocycles. The number of halogens is 3. The molecule has 29 heavy (non-hydrogen) atoms. The van der Waals surface area contributed by atoms with E-state index in [1.165, 1.54) is 13.2 Å². The Bertz CT molecular complexity index is 995. The van der Waals surface area contributed by atoms with Crippen molar-refractivity contribution in [3.63, 3.8) is 0 Å². The Hall–Kier alpha value is -2.33. The van der Waals surface area contributed by atoms with Crippen molar-refractivity contribution in [3.8, 4) is 22.6 Å². The fraction of sp³-hybridized carbons (Fsp3) is 0.333. The Morgan fingerprint density at radius 2 is 2.00 bits per heavy atom. The fourth-order valence-electron chi connectivity index (χ4n) is 3.89. The van der Waals surface area contributed by atoms with E-state index in [0.29, 0.717) is 22.4 Å². The van der Waals surface area contributed by atoms with Crippen molar-refractivity contribution in [2.24, 2.45) is 0 Å². The van der Waals surface area contributed by atoms with Gasteiger partial charge in [0.1, 0.15) is 17.7 Å². The summed E-state index contributed by atoms with van der Waals surface area (Å²) in [5, 5.41) is -0.110. The molecule has 2 aromatic carbocycles. The molecule has 0 aromatic heterocycles. The molecule has 3 rings (SSSR count). The van der Waals surface area contributed by atoms with E-state index in [1.807, 2.05) is 26.0 Å². The van der Waals surface area contributed by atoms with Gasteiger partial charge in [0.15, 0.2) is 11.6 Å². The first-order chi connectivity index (χ1) is 13.8. The molecular formula is C24H25ClF2O2. The highest BCUT2D eigenvalue weighted by Crippen LogP contribution is 2.51. The molecule has 0 fully saturated rings. The molecule has 0 bridgehead atoms. The molecule has 0 amide bonds. The van der Waals surface area contributed by atoms with Gasteiger partial charge in [-0.1, -0.05) is 49.7 Å². The van der Waals surface area contributed by atoms with E-state index in [4.69, 9.17) is 21.1 Å². The van der Waals surface area contributed by atoms with E-state index in [-0.39, 0.29) is 28.4 Å². The van der Waals surface area contributed by atoms with Crippen molar-refractivity contribution >= 4 is 11.6 Å². The summed E-state index contributed by atoms with van der Waals surface area (Å²) in [4.78, 5) is 0. The fourth-order valence-corrected chi connectivity index (χ4v) is 4.14. The van der Waals surface area contributed by atoms with Crippen LogP contribution in [0.5, 0.6) is 11.5 Å². The van der Waals surface area contributed by atoms with Gasteiger partial charge in [0, 0.05) is 28.7 Å². The zero-order chi connectivity index (χ0) is 21.3. The van der Waals surface area contributed by atoms with Crippen molar-refractivity contribution < 1.29 is 18.3 Å². The van der Waals surface area contributed by atoms with E-state index in [2.05, 4.69) is 13.0 Å². The summed E-state index contributed by atoms with van der Waals surface area (Å²) in [7, 11) is 1.40. The second-order valence-corrected chi connectivity index (χ2v) is 7.54. The Labute approximate surface area is 175 Å². The summed E-state index contributed by atoms with van der Waals surface area (Å²) in [6, 6.07) is 4.59. The molecule has 1 heterocycles. The highest BCUT2D eigenvalue weighted by molar-refractivity contribution is 6.34. The van der Waals surface area contributed by atoms with E-state index in [9.17, 15) is 4.39 Å². The first-order valence-electron chi connectivity index (χ1n) is 9.70. The molecule has 0 radical (unpaired) electrons. The molecule has 2 nitrogen and oxygen atoms in total. The summed E-state index contributed by atoms with van der Waals surface area (Å²) < 4.78 is 41.2. The van der Waals surface area contributed by atoms with Gasteiger partial charge in [-0.05, 0) is 37.5 Å². The van der Waals surface area contributed by atoms with Crippen molar-refractivity contribution in [3.05, 3.63) is 69.8 Å². The van der Waals surface area contributed by atoms with Crippen LogP contribution >= 0.6 is 11.6 Å². The zero-order valence-electron chi connectivity index (χ0n) is 17.3. The maximum atomic E-state index is 15.2. The van der Waals surface area contributed by atoms with Crippen molar-refractivity contribution in [2.75, 3.05) is 7.11 Å². The topological polar surface area (TPSA) is 18.5 Å². The Morgan fingerprint density at radius 3 is 2.62 bits per heavy atom. The predicted molar refractivity (Wildman–Crippen MR) is 114 cm³/mol. The number of rotatable bonds is 5. The van der Waals surface area contributed by atoms with Gasteiger partial charge < -0.3 is 9.47 Å². The van der Waals surface area contributed by atoms with Gasteiger partial charge in [0.25, 0.3) is 0 Å². The third-order valence-electron chi connectivity index (χ3n) is 5.38. The third-order valence-corrected chi connectivity index (χ3v) is 5.75. The first-order valence-corrected chi connectivity index (χ1v) is 10.1. The number of hydrogen-bond donors (Lipinski definition) is 0. The van der Waals surface area contributed by atoms with Gasteiger partial charge in [-0.2, -0.15) is 0 Å². The Morgan fingerprint density at radius 1 is 1.28 bits per heavy atom. The Balaban J connectivity index is 2.25. The van der Waals surface area contributed by atoms with Crippen molar-refractivity contribution in [1.29, 1.82) is 0 Å². The minimum Gasteiger partial charge on any atom is -0.494 e. The number of methoxy groups -OCH3 is 1. The van der Waals surface area contributed by atoms with Crippen LogP contribution in [0.2, 0.25) is 5.02 Å². The average Bonchev–Trinajstić information content (AvgIpc) is 3.01. The molecule has 154 valence electrons. The number of allylic oxidation sites excluding steroid dienone is 2. The lowest BCUT2D eigenvalue weighted by Crippen LogP contribution is -2.18. The normalized spacial score (nSPS) is 18.8. The lowest BCUT2D eigenvalue weighted by molar-refractivity contribution is 0.251. The highest BCUT2D eigenvalue weighted by Gasteiger charge is 2.38. The van der Waals surface area contributed by atoms with Gasteiger partial charge in [-0.3, -0.25) is 0 Å². The number of aryl methyl sites for hydroxylation is 1. The van der Waals surface area contributed by atoms with Crippen LogP contribution in [0.25, 0.3) is 11.1 Å². The van der Waals surface area contributed by atoms with Crippen LogP contribution in [0.1, 0.15) is 44.2 Å². The molecule has 0 N–H and O–H groups in total. The third kappa shape index (κ3) is 3.66. The molecule has 2 atom stereocenters. The molecule has 1 aliphatic rings. The number of ether oxygens (including phenoxy) is 2. The summed E-state index contributed by atoms with van der Waals surface area (Å²) in [6.07, 6.45) is 6.64. The Kier molecular flexibility index (Phi) is 6.33. The minimum atomic E-state index is -0.638. The molecule has 5 heteroatoms. The van der Waals surface area contributed by atoms with Gasteiger partial charge >= 0.3 is 0 Å². The molecule has 2 aromatic rings. The number of benzene rings is 2. The van der Waals surface area contributed by atoms with Crippen molar-refractivity contribution in [2.45, 2.75) is 46.1 Å². The number of fused-ring (bicyclic) bond motifs is 1. The maximum Gasteiger partial charge on any atom is 0.173 e. The van der Waals surface area contributed by atoms with Gasteiger partial charge in [0.2, 0.25) is 0 Å². The van der Waals surface area contributed by atoms with Crippen LogP contribution in [0.3, 0.4) is 0 Å². The van der Waals surface area contributed by atoms with E-state index >= 15 is 4.39 Å². The minimum absolute atomic E-state index is 0.0859. The van der Waals surface area contributed by atoms with Crippen LogP contribution < -0.4 is 9.47 Å². The lowest BCUT2D eigenvalue weighted by atomic mass is 9.85. The van der Waals surface area contributed by atoms with Crippen LogP contribution in [0, 0.1) is 18.6 Å². The van der Waals surface area contributed by atoms with Crippen molar-refractivity contribution in [1.82, 2.24) is 0 Å². The zero-order valence-corrected chi connectivity index (χ0v) is 18.0. The second-order valence-electron chi connectivity index (χ2n) is 7.16. The van der Waals surface area contributed by atoms with E-state index in [1.54, 1.807) is 19.1 Å². The summed E-state index contributed by atoms with van der Waals surface area (Å²) in [5.74, 6) is -0.861. The molecular weight excluding hydrogens is 394 g/mol. The summed E-state index contributed by atoms with van der Waals surface area (Å²) in [6.45, 7) is 7.75. The quantitative estimate of drug-likeness (QED) is 0.471. The summed E-state index contributed by atoms with van der Waals surface area (Å²) in [5.41, 5.74) is 2.92. The average molecular weight is 419 g/mol. The van der Waals surface area contributed by atoms with Gasteiger partial charge in [-0.15, -0.1) is 0 Å². The van der Waals surface area contributed by atoms with Crippen LogP contribution in [0.15, 0.2) is 42.0 Å². The second kappa shape index (κ2) is 8.58. The van der Waals surface area contributed by atoms with Crippen LogP contribution in [-0.2, 0) is 0 Å². The largest absolute Gasteiger partial charge is 0.494 e. The molecule has 0 aliphatic carbocycles. The van der Waals surface area contributed by atoms with E-state index < -0.39 is 11.6 Å². The monoisotopic (exact) mass is 418 g/mol.